The Hall–Kier alpha value is -1.63. The van der Waals surface area contributed by atoms with Gasteiger partial charge in [0.15, 0.2) is 11.6 Å². The SMILES string of the molecule is CCC(C)CNC(=O)c1ccc(O[B]O)c(F)c1F. The van der Waals surface area contributed by atoms with E-state index in [9.17, 15) is 13.6 Å². The summed E-state index contributed by atoms with van der Waals surface area (Å²) in [4.78, 5) is 11.7. The minimum absolute atomic E-state index is 0.237. The molecule has 0 heterocycles. The van der Waals surface area contributed by atoms with Crippen molar-refractivity contribution in [3.63, 3.8) is 0 Å². The monoisotopic (exact) mass is 270 g/mol. The summed E-state index contributed by atoms with van der Waals surface area (Å²) in [5.74, 6) is -3.54. The highest BCUT2D eigenvalue weighted by Gasteiger charge is 2.19. The Bertz CT molecular complexity index is 457. The van der Waals surface area contributed by atoms with Crippen molar-refractivity contribution in [1.29, 1.82) is 0 Å². The van der Waals surface area contributed by atoms with E-state index in [2.05, 4.69) is 9.97 Å². The van der Waals surface area contributed by atoms with Crippen LogP contribution in [-0.4, -0.2) is 25.2 Å². The molecule has 103 valence electrons. The van der Waals surface area contributed by atoms with Crippen LogP contribution in [0.25, 0.3) is 0 Å². The zero-order valence-electron chi connectivity index (χ0n) is 10.7. The van der Waals surface area contributed by atoms with Gasteiger partial charge in [-0.05, 0) is 18.1 Å². The molecule has 0 aliphatic carbocycles. The standard InChI is InChI=1S/C12H15BF2NO3/c1-3-7(2)6-16-12(17)8-4-5-9(19-13-18)11(15)10(8)14/h4-5,7,18H,3,6H2,1-2H3,(H,16,17). The summed E-state index contributed by atoms with van der Waals surface area (Å²) >= 11 is 0. The first-order valence-electron chi connectivity index (χ1n) is 5.90. The van der Waals surface area contributed by atoms with Crippen molar-refractivity contribution in [2.75, 3.05) is 6.54 Å². The van der Waals surface area contributed by atoms with E-state index in [4.69, 9.17) is 5.02 Å². The number of carbonyl (C=O) groups is 1. The molecule has 1 unspecified atom stereocenters. The predicted octanol–water partition coefficient (Wildman–Crippen LogP) is 1.65. The van der Waals surface area contributed by atoms with Gasteiger partial charge in [-0.15, -0.1) is 0 Å². The van der Waals surface area contributed by atoms with E-state index in [0.29, 0.717) is 6.54 Å². The minimum atomic E-state index is -1.32. The van der Waals surface area contributed by atoms with E-state index in [1.165, 1.54) is 0 Å². The van der Waals surface area contributed by atoms with E-state index < -0.39 is 28.9 Å². The fourth-order valence-electron chi connectivity index (χ4n) is 1.36. The number of amides is 1. The predicted molar refractivity (Wildman–Crippen MR) is 66.7 cm³/mol. The third kappa shape index (κ3) is 3.92. The van der Waals surface area contributed by atoms with Crippen LogP contribution in [0.4, 0.5) is 8.78 Å². The molecular formula is C12H15BF2NO3. The second-order valence-corrected chi connectivity index (χ2v) is 4.19. The maximum Gasteiger partial charge on any atom is 0.569 e. The molecule has 0 aliphatic heterocycles. The van der Waals surface area contributed by atoms with Gasteiger partial charge in [-0.2, -0.15) is 4.39 Å². The fraction of sp³-hybridized carbons (Fsp3) is 0.417. The molecule has 0 saturated heterocycles. The summed E-state index contributed by atoms with van der Waals surface area (Å²) in [6.07, 6.45) is 0.871. The number of carbonyl (C=O) groups excluding carboxylic acids is 1. The molecular weight excluding hydrogens is 255 g/mol. The molecule has 1 atom stereocenters. The van der Waals surface area contributed by atoms with Gasteiger partial charge in [0.2, 0.25) is 0 Å². The smallest absolute Gasteiger partial charge is 0.535 e. The maximum atomic E-state index is 13.6. The first kappa shape index (κ1) is 15.4. The second-order valence-electron chi connectivity index (χ2n) is 4.19. The molecule has 7 heteroatoms. The number of nitrogens with one attached hydrogen (secondary N) is 1. The lowest BCUT2D eigenvalue weighted by molar-refractivity contribution is 0.0942. The Morgan fingerprint density at radius 2 is 2.16 bits per heavy atom. The van der Waals surface area contributed by atoms with E-state index in [1.807, 2.05) is 13.8 Å². The van der Waals surface area contributed by atoms with Crippen LogP contribution >= 0.6 is 0 Å². The third-order valence-corrected chi connectivity index (χ3v) is 2.78. The van der Waals surface area contributed by atoms with Crippen molar-refractivity contribution in [2.45, 2.75) is 20.3 Å². The van der Waals surface area contributed by atoms with Gasteiger partial charge in [0, 0.05) is 6.54 Å². The summed E-state index contributed by atoms with van der Waals surface area (Å²) in [5.41, 5.74) is -0.397. The van der Waals surface area contributed by atoms with Gasteiger partial charge < -0.3 is 15.0 Å². The molecule has 0 aromatic heterocycles. The number of benzene rings is 1. The molecule has 1 aromatic carbocycles. The molecule has 0 saturated carbocycles. The number of hydrogen-bond acceptors (Lipinski definition) is 3. The van der Waals surface area contributed by atoms with Crippen molar-refractivity contribution >= 4 is 13.6 Å². The average Bonchev–Trinajstić information content (AvgIpc) is 2.41. The first-order valence-corrected chi connectivity index (χ1v) is 5.90. The molecule has 0 aliphatic rings. The van der Waals surface area contributed by atoms with Crippen molar-refractivity contribution < 1.29 is 23.3 Å². The van der Waals surface area contributed by atoms with Gasteiger partial charge in [-0.1, -0.05) is 20.3 Å². The summed E-state index contributed by atoms with van der Waals surface area (Å²) in [5, 5.41) is 10.9. The van der Waals surface area contributed by atoms with Crippen LogP contribution < -0.4 is 9.97 Å². The number of halogens is 2. The fourth-order valence-corrected chi connectivity index (χ4v) is 1.36. The lowest BCUT2D eigenvalue weighted by atomic mass is 10.1. The summed E-state index contributed by atoms with van der Waals surface area (Å²) < 4.78 is 31.4. The zero-order chi connectivity index (χ0) is 14.4. The van der Waals surface area contributed by atoms with Crippen LogP contribution in [0.3, 0.4) is 0 Å². The molecule has 0 spiro atoms. The lowest BCUT2D eigenvalue weighted by Gasteiger charge is -2.11. The van der Waals surface area contributed by atoms with Crippen LogP contribution in [0.2, 0.25) is 0 Å². The van der Waals surface area contributed by atoms with Crippen molar-refractivity contribution in [3.05, 3.63) is 29.3 Å². The van der Waals surface area contributed by atoms with Gasteiger partial charge in [0.1, 0.15) is 5.75 Å². The molecule has 0 bridgehead atoms. The van der Waals surface area contributed by atoms with Gasteiger partial charge in [-0.3, -0.25) is 4.79 Å². The Morgan fingerprint density at radius 3 is 2.74 bits per heavy atom. The Morgan fingerprint density at radius 1 is 1.47 bits per heavy atom. The van der Waals surface area contributed by atoms with Gasteiger partial charge in [0.05, 0.1) is 5.56 Å². The first-order chi connectivity index (χ1) is 9.01. The van der Waals surface area contributed by atoms with E-state index in [-0.39, 0.29) is 13.6 Å². The molecule has 1 radical (unpaired) electrons. The lowest BCUT2D eigenvalue weighted by Crippen LogP contribution is -2.29. The highest BCUT2D eigenvalue weighted by Crippen LogP contribution is 2.22. The van der Waals surface area contributed by atoms with Crippen molar-refractivity contribution in [3.8, 4) is 5.75 Å². The minimum Gasteiger partial charge on any atom is -0.535 e. The van der Waals surface area contributed by atoms with Crippen LogP contribution in [0.1, 0.15) is 30.6 Å². The molecule has 1 rings (SSSR count). The molecule has 4 nitrogen and oxygen atoms in total. The van der Waals surface area contributed by atoms with Crippen molar-refractivity contribution in [1.82, 2.24) is 5.32 Å². The summed E-state index contributed by atoms with van der Waals surface area (Å²) in [6, 6.07) is 2.17. The molecule has 2 N–H and O–H groups in total. The average molecular weight is 270 g/mol. The summed E-state index contributed by atoms with van der Waals surface area (Å²) in [7, 11) is 0.237. The molecule has 19 heavy (non-hydrogen) atoms. The normalized spacial score (nSPS) is 11.8. The van der Waals surface area contributed by atoms with E-state index in [1.54, 1.807) is 0 Å². The Labute approximate surface area is 111 Å². The Kier molecular flexibility index (Phi) is 5.75. The number of rotatable bonds is 6. The highest BCUT2D eigenvalue weighted by molar-refractivity contribution is 6.17. The van der Waals surface area contributed by atoms with E-state index in [0.717, 1.165) is 18.6 Å². The zero-order valence-corrected chi connectivity index (χ0v) is 10.7. The van der Waals surface area contributed by atoms with Gasteiger partial charge >= 0.3 is 7.69 Å². The largest absolute Gasteiger partial charge is 0.569 e. The topological polar surface area (TPSA) is 58.6 Å². The Balaban J connectivity index is 2.84. The number of hydrogen-bond donors (Lipinski definition) is 2. The van der Waals surface area contributed by atoms with Crippen LogP contribution in [0.15, 0.2) is 12.1 Å². The van der Waals surface area contributed by atoms with Gasteiger partial charge in [-0.25, -0.2) is 4.39 Å². The van der Waals surface area contributed by atoms with Gasteiger partial charge in [0.25, 0.3) is 5.91 Å². The third-order valence-electron chi connectivity index (χ3n) is 2.78. The quantitative estimate of drug-likeness (QED) is 0.773. The summed E-state index contributed by atoms with van der Waals surface area (Å²) in [6.45, 7) is 4.29. The van der Waals surface area contributed by atoms with Crippen molar-refractivity contribution in [2.24, 2.45) is 5.92 Å². The van der Waals surface area contributed by atoms with E-state index >= 15 is 0 Å². The van der Waals surface area contributed by atoms with Crippen LogP contribution in [-0.2, 0) is 0 Å². The van der Waals surface area contributed by atoms with Crippen LogP contribution in [0.5, 0.6) is 5.75 Å². The molecule has 0 fully saturated rings. The highest BCUT2D eigenvalue weighted by atomic mass is 19.2. The van der Waals surface area contributed by atoms with Crippen LogP contribution in [0, 0.1) is 17.6 Å². The second kappa shape index (κ2) is 7.08. The molecule has 1 amide bonds. The maximum absolute atomic E-state index is 13.6. The molecule has 1 aromatic rings.